The molecule has 6 nitrogen and oxygen atoms in total. The first-order valence-corrected chi connectivity index (χ1v) is 8.21. The van der Waals surface area contributed by atoms with Gasteiger partial charge in [-0.15, -0.1) is 0 Å². The Morgan fingerprint density at radius 2 is 1.76 bits per heavy atom. The number of nitrogens with two attached hydrogens (primary N) is 1. The average molecular weight is 353 g/mol. The summed E-state index contributed by atoms with van der Waals surface area (Å²) < 4.78 is 4.65. The van der Waals surface area contributed by atoms with E-state index in [1.54, 1.807) is 24.3 Å². The van der Waals surface area contributed by atoms with E-state index < -0.39 is 5.97 Å². The maximum atomic E-state index is 12.6. The molecule has 1 heterocycles. The zero-order valence-corrected chi connectivity index (χ0v) is 14.2. The van der Waals surface area contributed by atoms with Crippen molar-refractivity contribution in [2.24, 2.45) is 0 Å². The van der Waals surface area contributed by atoms with Crippen molar-refractivity contribution in [3.63, 3.8) is 0 Å². The number of thiazole rings is 1. The number of hydrogen-bond donors (Lipinski definition) is 2. The van der Waals surface area contributed by atoms with Crippen LogP contribution in [0.4, 0.5) is 10.8 Å². The number of methoxy groups -OCH3 is 1. The van der Waals surface area contributed by atoms with Crippen LogP contribution in [0.5, 0.6) is 0 Å². The van der Waals surface area contributed by atoms with Gasteiger partial charge in [0.05, 0.1) is 18.4 Å². The number of esters is 1. The third kappa shape index (κ3) is 3.67. The quantitative estimate of drug-likeness (QED) is 0.701. The van der Waals surface area contributed by atoms with E-state index in [-0.39, 0.29) is 5.91 Å². The Balaban J connectivity index is 1.84. The molecule has 3 rings (SSSR count). The predicted molar refractivity (Wildman–Crippen MR) is 97.7 cm³/mol. The molecule has 0 atom stereocenters. The summed E-state index contributed by atoms with van der Waals surface area (Å²) >= 11 is 1.13. The van der Waals surface area contributed by atoms with Crippen LogP contribution in [0, 0.1) is 0 Å². The van der Waals surface area contributed by atoms with Crippen molar-refractivity contribution >= 4 is 34.0 Å². The number of anilines is 2. The second kappa shape index (κ2) is 7.14. The number of hydrogen-bond acceptors (Lipinski definition) is 6. The topological polar surface area (TPSA) is 94.3 Å². The molecule has 0 aliphatic rings. The van der Waals surface area contributed by atoms with Gasteiger partial charge in [-0.05, 0) is 24.3 Å². The van der Waals surface area contributed by atoms with E-state index in [9.17, 15) is 9.59 Å². The number of nitrogens with one attached hydrogen (secondary N) is 1. The van der Waals surface area contributed by atoms with E-state index in [2.05, 4.69) is 15.0 Å². The van der Waals surface area contributed by atoms with Crippen molar-refractivity contribution in [3.05, 3.63) is 65.0 Å². The number of amides is 1. The summed E-state index contributed by atoms with van der Waals surface area (Å²) in [5.74, 6) is -0.738. The summed E-state index contributed by atoms with van der Waals surface area (Å²) in [7, 11) is 1.32. The van der Waals surface area contributed by atoms with Gasteiger partial charge in [0.1, 0.15) is 4.88 Å². The number of nitrogen functional groups attached to an aromatic ring is 1. The fourth-order valence-corrected chi connectivity index (χ4v) is 3.03. The summed E-state index contributed by atoms with van der Waals surface area (Å²) in [4.78, 5) is 28.7. The number of benzene rings is 2. The summed E-state index contributed by atoms with van der Waals surface area (Å²) in [5.41, 5.74) is 8.13. The minimum Gasteiger partial charge on any atom is -0.465 e. The van der Waals surface area contributed by atoms with Gasteiger partial charge in [0, 0.05) is 11.3 Å². The van der Waals surface area contributed by atoms with Crippen LogP contribution in [0.25, 0.3) is 11.3 Å². The molecule has 25 heavy (non-hydrogen) atoms. The molecule has 0 fully saturated rings. The minimum absolute atomic E-state index is 0.307. The van der Waals surface area contributed by atoms with Gasteiger partial charge in [-0.25, -0.2) is 9.78 Å². The number of rotatable bonds is 4. The number of nitrogens with zero attached hydrogens (tertiary/aromatic N) is 1. The number of aromatic nitrogens is 1. The van der Waals surface area contributed by atoms with Crippen LogP contribution >= 0.6 is 11.3 Å². The lowest BCUT2D eigenvalue weighted by atomic mass is 10.1. The van der Waals surface area contributed by atoms with E-state index in [1.807, 2.05) is 30.3 Å². The zero-order chi connectivity index (χ0) is 17.8. The second-order valence-corrected chi connectivity index (χ2v) is 6.15. The Kier molecular flexibility index (Phi) is 4.76. The van der Waals surface area contributed by atoms with E-state index in [0.717, 1.165) is 16.9 Å². The van der Waals surface area contributed by atoms with Crippen LogP contribution in [0.1, 0.15) is 20.0 Å². The normalized spacial score (nSPS) is 10.3. The van der Waals surface area contributed by atoms with Gasteiger partial charge in [0.25, 0.3) is 5.91 Å². The molecular weight excluding hydrogens is 338 g/mol. The molecule has 0 unspecified atom stereocenters. The molecule has 0 saturated heterocycles. The summed E-state index contributed by atoms with van der Waals surface area (Å²) in [6.45, 7) is 0. The number of carbonyl (C=O) groups is 2. The molecule has 0 bridgehead atoms. The first-order valence-electron chi connectivity index (χ1n) is 7.40. The van der Waals surface area contributed by atoms with E-state index >= 15 is 0 Å². The van der Waals surface area contributed by atoms with Crippen LogP contribution in [-0.4, -0.2) is 24.0 Å². The lowest BCUT2D eigenvalue weighted by Crippen LogP contribution is -2.11. The van der Waals surface area contributed by atoms with Crippen LogP contribution in [-0.2, 0) is 4.74 Å². The maximum absolute atomic E-state index is 12.6. The van der Waals surface area contributed by atoms with E-state index in [1.165, 1.54) is 7.11 Å². The lowest BCUT2D eigenvalue weighted by molar-refractivity contribution is 0.0600. The molecule has 7 heteroatoms. The summed E-state index contributed by atoms with van der Waals surface area (Å²) in [5, 5.41) is 3.11. The Hall–Kier alpha value is -3.19. The van der Waals surface area contributed by atoms with Gasteiger partial charge >= 0.3 is 5.97 Å². The number of ether oxygens (including phenoxy) is 1. The van der Waals surface area contributed by atoms with Gasteiger partial charge in [0.15, 0.2) is 5.13 Å². The minimum atomic E-state index is -0.431. The molecule has 0 saturated carbocycles. The average Bonchev–Trinajstić information content (AvgIpc) is 3.04. The van der Waals surface area contributed by atoms with Gasteiger partial charge in [-0.1, -0.05) is 41.7 Å². The Bertz CT molecular complexity index is 905. The van der Waals surface area contributed by atoms with Crippen molar-refractivity contribution in [3.8, 4) is 11.3 Å². The van der Waals surface area contributed by atoms with Crippen molar-refractivity contribution < 1.29 is 14.3 Å². The Morgan fingerprint density at radius 1 is 1.08 bits per heavy atom. The fourth-order valence-electron chi connectivity index (χ4n) is 2.28. The molecule has 0 spiro atoms. The molecule has 0 aliphatic heterocycles. The van der Waals surface area contributed by atoms with Crippen LogP contribution < -0.4 is 11.1 Å². The maximum Gasteiger partial charge on any atom is 0.337 e. The first kappa shape index (κ1) is 16.7. The molecule has 1 aromatic heterocycles. The molecule has 126 valence electrons. The first-order chi connectivity index (χ1) is 12.1. The third-order valence-electron chi connectivity index (χ3n) is 3.46. The highest BCUT2D eigenvalue weighted by Crippen LogP contribution is 2.30. The van der Waals surface area contributed by atoms with Gasteiger partial charge in [0.2, 0.25) is 0 Å². The smallest absolute Gasteiger partial charge is 0.337 e. The molecular formula is C18H15N3O3S. The summed E-state index contributed by atoms with van der Waals surface area (Å²) in [6.07, 6.45) is 0. The highest BCUT2D eigenvalue weighted by Gasteiger charge is 2.19. The molecule has 0 aliphatic carbocycles. The van der Waals surface area contributed by atoms with Gasteiger partial charge in [-0.2, -0.15) is 0 Å². The third-order valence-corrected chi connectivity index (χ3v) is 4.34. The van der Waals surface area contributed by atoms with Crippen molar-refractivity contribution in [2.75, 3.05) is 18.2 Å². The SMILES string of the molecule is COC(=O)c1ccc(NC(=O)c2sc(N)nc2-c2ccccc2)cc1. The number of carbonyl (C=O) groups excluding carboxylic acids is 2. The zero-order valence-electron chi connectivity index (χ0n) is 13.4. The molecule has 2 aromatic carbocycles. The standard InChI is InChI=1S/C18H15N3O3S/c1-24-17(23)12-7-9-13(10-8-12)20-16(22)15-14(21-18(19)25-15)11-5-3-2-4-6-11/h2-10H,1H3,(H2,19,21)(H,20,22). The van der Waals surface area contributed by atoms with E-state index in [4.69, 9.17) is 5.73 Å². The van der Waals surface area contributed by atoms with Crippen LogP contribution in [0.2, 0.25) is 0 Å². The lowest BCUT2D eigenvalue weighted by Gasteiger charge is -2.06. The van der Waals surface area contributed by atoms with Crippen molar-refractivity contribution in [1.29, 1.82) is 0 Å². The second-order valence-electron chi connectivity index (χ2n) is 5.12. The highest BCUT2D eigenvalue weighted by atomic mass is 32.1. The van der Waals surface area contributed by atoms with Gasteiger partial charge < -0.3 is 15.8 Å². The molecule has 3 aromatic rings. The fraction of sp³-hybridized carbons (Fsp3) is 0.0556. The highest BCUT2D eigenvalue weighted by molar-refractivity contribution is 7.17. The van der Waals surface area contributed by atoms with E-state index in [0.29, 0.717) is 27.0 Å². The van der Waals surface area contributed by atoms with Crippen LogP contribution in [0.3, 0.4) is 0 Å². The molecule has 3 N–H and O–H groups in total. The Morgan fingerprint density at radius 3 is 2.40 bits per heavy atom. The largest absolute Gasteiger partial charge is 0.465 e. The Labute approximate surface area is 148 Å². The monoisotopic (exact) mass is 353 g/mol. The van der Waals surface area contributed by atoms with Crippen LogP contribution in [0.15, 0.2) is 54.6 Å². The predicted octanol–water partition coefficient (Wildman–Crippen LogP) is 3.43. The molecule has 1 amide bonds. The van der Waals surface area contributed by atoms with Gasteiger partial charge in [-0.3, -0.25) is 4.79 Å². The summed E-state index contributed by atoms with van der Waals surface area (Å²) in [6, 6.07) is 15.8. The molecule has 0 radical (unpaired) electrons. The van der Waals surface area contributed by atoms with Crippen molar-refractivity contribution in [2.45, 2.75) is 0 Å². The van der Waals surface area contributed by atoms with Crippen molar-refractivity contribution in [1.82, 2.24) is 4.98 Å².